The third-order valence-electron chi connectivity index (χ3n) is 1.22. The average molecular weight is 242 g/mol. The molecule has 0 aromatic heterocycles. The maximum Gasteiger partial charge on any atom is 0.303 e. The number of phenols is 1. The van der Waals surface area contributed by atoms with E-state index in [1.165, 1.54) is 0 Å². The van der Waals surface area contributed by atoms with Crippen LogP contribution in [0.3, 0.4) is 0 Å². The van der Waals surface area contributed by atoms with E-state index in [-0.39, 0.29) is 0 Å². The Balaban J connectivity index is 0. The van der Waals surface area contributed by atoms with Gasteiger partial charge in [0.25, 0.3) is 5.97 Å². The Hall–Kier alpha value is -2.04. The van der Waals surface area contributed by atoms with Crippen LogP contribution < -0.4 is 0 Å². The molecule has 0 aliphatic heterocycles. The quantitative estimate of drug-likeness (QED) is 0.740. The Morgan fingerprint density at radius 3 is 1.65 bits per heavy atom. The van der Waals surface area contributed by atoms with Crippen molar-refractivity contribution in [1.82, 2.24) is 0 Å². The van der Waals surface area contributed by atoms with E-state index in [4.69, 9.17) is 20.1 Å². The van der Waals surface area contributed by atoms with Crippen molar-refractivity contribution in [2.24, 2.45) is 0 Å². The maximum absolute atomic E-state index is 9.60. The lowest BCUT2D eigenvalue weighted by Gasteiger charge is -1.82. The number of carboxylic acid groups (broad SMARTS) is 2. The minimum atomic E-state index is -0.833. The van der Waals surface area contributed by atoms with Crippen molar-refractivity contribution >= 4 is 11.9 Å². The first-order chi connectivity index (χ1) is 7.90. The van der Waals surface area contributed by atoms with E-state index in [0.717, 1.165) is 13.3 Å². The second kappa shape index (κ2) is 12.0. The zero-order valence-electron chi connectivity index (χ0n) is 9.96. The van der Waals surface area contributed by atoms with Gasteiger partial charge in [-0.1, -0.05) is 25.1 Å². The van der Waals surface area contributed by atoms with Crippen molar-refractivity contribution in [3.8, 4) is 5.75 Å². The van der Waals surface area contributed by atoms with Crippen molar-refractivity contribution < 1.29 is 24.9 Å². The van der Waals surface area contributed by atoms with E-state index in [1.54, 1.807) is 24.3 Å². The van der Waals surface area contributed by atoms with Gasteiger partial charge >= 0.3 is 5.97 Å². The molecule has 5 heteroatoms. The summed E-state index contributed by atoms with van der Waals surface area (Å²) >= 11 is 0. The van der Waals surface area contributed by atoms with Gasteiger partial charge < -0.3 is 15.3 Å². The number of rotatable bonds is 2. The van der Waals surface area contributed by atoms with E-state index in [0.29, 0.717) is 12.2 Å². The van der Waals surface area contributed by atoms with E-state index < -0.39 is 11.9 Å². The molecule has 0 saturated heterocycles. The van der Waals surface area contributed by atoms with E-state index in [2.05, 4.69) is 0 Å². The van der Waals surface area contributed by atoms with Crippen molar-refractivity contribution in [2.75, 3.05) is 0 Å². The highest BCUT2D eigenvalue weighted by Gasteiger charge is 1.87. The molecule has 1 aromatic carbocycles. The smallest absolute Gasteiger partial charge is 0.303 e. The Morgan fingerprint density at radius 2 is 1.53 bits per heavy atom. The zero-order chi connectivity index (χ0) is 13.7. The molecule has 0 aliphatic rings. The van der Waals surface area contributed by atoms with Gasteiger partial charge in [-0.2, -0.15) is 0 Å². The third kappa shape index (κ3) is 24.9. The highest BCUT2D eigenvalue weighted by atomic mass is 16.4. The molecule has 0 bridgehead atoms. The summed E-state index contributed by atoms with van der Waals surface area (Å²) in [7, 11) is 0. The molecule has 1 aromatic rings. The van der Waals surface area contributed by atoms with Gasteiger partial charge in [-0.05, 0) is 18.6 Å². The molecular weight excluding hydrogens is 224 g/mol. The second-order valence-corrected chi connectivity index (χ2v) is 3.00. The summed E-state index contributed by atoms with van der Waals surface area (Å²) in [6, 6.07) is 8.71. The first-order valence-electron chi connectivity index (χ1n) is 5.05. The van der Waals surface area contributed by atoms with Crippen LogP contribution in [0.15, 0.2) is 30.3 Å². The molecule has 0 fully saturated rings. The number of aliphatic carboxylic acids is 2. The molecule has 1 rings (SSSR count). The van der Waals surface area contributed by atoms with Gasteiger partial charge in [-0.3, -0.25) is 9.59 Å². The molecule has 17 heavy (non-hydrogen) atoms. The summed E-state index contributed by atoms with van der Waals surface area (Å²) in [5, 5.41) is 24.0. The largest absolute Gasteiger partial charge is 0.508 e. The highest BCUT2D eigenvalue weighted by Crippen LogP contribution is 2.02. The SMILES string of the molecule is CC(=O)O.CCCC(=O)O.Oc1ccccc1. The van der Waals surface area contributed by atoms with Crippen molar-refractivity contribution in [2.45, 2.75) is 26.7 Å². The van der Waals surface area contributed by atoms with Crippen LogP contribution in [-0.4, -0.2) is 27.3 Å². The van der Waals surface area contributed by atoms with Crippen LogP contribution in [0.25, 0.3) is 0 Å². The summed E-state index contributed by atoms with van der Waals surface area (Å²) in [6.07, 6.45) is 1.02. The normalized spacial score (nSPS) is 7.88. The van der Waals surface area contributed by atoms with Gasteiger partial charge in [0.15, 0.2) is 0 Å². The zero-order valence-corrected chi connectivity index (χ0v) is 9.96. The molecule has 5 nitrogen and oxygen atoms in total. The summed E-state index contributed by atoms with van der Waals surface area (Å²) in [5.74, 6) is -1.22. The molecule has 0 heterocycles. The Morgan fingerprint density at radius 1 is 1.12 bits per heavy atom. The first kappa shape index (κ1) is 17.4. The van der Waals surface area contributed by atoms with Crippen molar-refractivity contribution in [3.63, 3.8) is 0 Å². The molecule has 0 aliphatic carbocycles. The highest BCUT2D eigenvalue weighted by molar-refractivity contribution is 5.66. The third-order valence-corrected chi connectivity index (χ3v) is 1.22. The van der Waals surface area contributed by atoms with Gasteiger partial charge in [0, 0.05) is 13.3 Å². The summed E-state index contributed by atoms with van der Waals surface area (Å²) in [6.45, 7) is 2.92. The first-order valence-corrected chi connectivity index (χ1v) is 5.05. The molecule has 0 radical (unpaired) electrons. The number of aromatic hydroxyl groups is 1. The van der Waals surface area contributed by atoms with Gasteiger partial charge in [-0.25, -0.2) is 0 Å². The number of hydrogen-bond donors (Lipinski definition) is 3. The van der Waals surface area contributed by atoms with E-state index in [9.17, 15) is 4.79 Å². The molecule has 0 amide bonds. The minimum Gasteiger partial charge on any atom is -0.508 e. The fourth-order valence-electron chi connectivity index (χ4n) is 0.642. The number of benzene rings is 1. The molecule has 0 spiro atoms. The molecule has 0 saturated carbocycles. The number of para-hydroxylation sites is 1. The molecular formula is C12H18O5. The van der Waals surface area contributed by atoms with Gasteiger partial charge in [0.05, 0.1) is 0 Å². The number of carbonyl (C=O) groups is 2. The van der Waals surface area contributed by atoms with Gasteiger partial charge in [0.1, 0.15) is 5.75 Å². The van der Waals surface area contributed by atoms with Crippen molar-refractivity contribution in [1.29, 1.82) is 0 Å². The lowest BCUT2D eigenvalue weighted by Crippen LogP contribution is -1.90. The predicted octanol–water partition coefficient (Wildman–Crippen LogP) is 2.35. The molecule has 96 valence electrons. The fourth-order valence-corrected chi connectivity index (χ4v) is 0.642. The summed E-state index contributed by atoms with van der Waals surface area (Å²) in [5.41, 5.74) is 0. The van der Waals surface area contributed by atoms with Crippen LogP contribution in [-0.2, 0) is 9.59 Å². The van der Waals surface area contributed by atoms with Crippen LogP contribution in [0.1, 0.15) is 26.7 Å². The Kier molecular flexibility index (Phi) is 12.3. The van der Waals surface area contributed by atoms with Gasteiger partial charge in [-0.15, -0.1) is 0 Å². The molecule has 0 unspecified atom stereocenters. The van der Waals surface area contributed by atoms with E-state index >= 15 is 0 Å². The molecule has 3 N–H and O–H groups in total. The number of carboxylic acids is 2. The van der Waals surface area contributed by atoms with Crippen LogP contribution >= 0.6 is 0 Å². The Labute approximate surface area is 100 Å². The number of hydrogen-bond acceptors (Lipinski definition) is 3. The van der Waals surface area contributed by atoms with Gasteiger partial charge in [0.2, 0.25) is 0 Å². The van der Waals surface area contributed by atoms with Crippen LogP contribution in [0.4, 0.5) is 0 Å². The maximum atomic E-state index is 9.60. The molecule has 0 atom stereocenters. The van der Waals surface area contributed by atoms with Crippen LogP contribution in [0.2, 0.25) is 0 Å². The fraction of sp³-hybridized carbons (Fsp3) is 0.333. The Bertz CT molecular complexity index is 304. The van der Waals surface area contributed by atoms with E-state index in [1.807, 2.05) is 13.0 Å². The van der Waals surface area contributed by atoms with Crippen LogP contribution in [0, 0.1) is 0 Å². The van der Waals surface area contributed by atoms with Crippen LogP contribution in [0.5, 0.6) is 5.75 Å². The van der Waals surface area contributed by atoms with Crippen molar-refractivity contribution in [3.05, 3.63) is 30.3 Å². The summed E-state index contributed by atoms with van der Waals surface area (Å²) in [4.78, 5) is 18.6. The lowest BCUT2D eigenvalue weighted by atomic mass is 10.3. The monoisotopic (exact) mass is 242 g/mol. The second-order valence-electron chi connectivity index (χ2n) is 3.00. The topological polar surface area (TPSA) is 94.8 Å². The predicted molar refractivity (Wildman–Crippen MR) is 64.0 cm³/mol. The minimum absolute atomic E-state index is 0.292. The average Bonchev–Trinajstić information content (AvgIpc) is 2.18. The lowest BCUT2D eigenvalue weighted by molar-refractivity contribution is -0.137. The standard InChI is InChI=1S/C6H6O.C4H8O2.C2H4O2/c7-6-4-2-1-3-5-6;1-2-3-4(5)6;1-2(3)4/h1-5,7H;2-3H2,1H3,(H,5,6);1H3,(H,3,4). The summed E-state index contributed by atoms with van der Waals surface area (Å²) < 4.78 is 0. The number of phenolic OH excluding ortho intramolecular Hbond substituents is 1.